The maximum atomic E-state index is 11.6. The largest absolute Gasteiger partial charge is 0.349 e. The summed E-state index contributed by atoms with van der Waals surface area (Å²) in [6.45, 7) is 9.41. The number of fused-ring (bicyclic) bond motifs is 1. The summed E-state index contributed by atoms with van der Waals surface area (Å²) in [5.41, 5.74) is 1.37. The van der Waals surface area contributed by atoms with Crippen molar-refractivity contribution in [2.75, 3.05) is 6.54 Å². The number of hydrogen-bond donors (Lipinski definition) is 2. The van der Waals surface area contributed by atoms with E-state index in [1.54, 1.807) is 0 Å². The summed E-state index contributed by atoms with van der Waals surface area (Å²) in [4.78, 5) is 16.1. The summed E-state index contributed by atoms with van der Waals surface area (Å²) in [7, 11) is 0. The fourth-order valence-electron chi connectivity index (χ4n) is 2.36. The van der Waals surface area contributed by atoms with Crippen LogP contribution in [0.25, 0.3) is 5.65 Å². The Bertz CT molecular complexity index is 628. The number of hydrogen-bond acceptors (Lipinski definition) is 4. The maximum absolute atomic E-state index is 11.6. The van der Waals surface area contributed by atoms with Crippen LogP contribution in [-0.4, -0.2) is 32.2 Å². The highest BCUT2D eigenvalue weighted by Gasteiger charge is 2.15. The minimum absolute atomic E-state index is 0.235. The van der Waals surface area contributed by atoms with E-state index in [1.807, 2.05) is 13.0 Å². The van der Waals surface area contributed by atoms with Gasteiger partial charge in [-0.05, 0) is 25.8 Å². The van der Waals surface area contributed by atoms with Gasteiger partial charge >= 0.3 is 5.69 Å². The van der Waals surface area contributed by atoms with Crippen molar-refractivity contribution in [3.63, 3.8) is 0 Å². The minimum Gasteiger partial charge on any atom is -0.313 e. The molecule has 2 rings (SSSR count). The highest BCUT2D eigenvalue weighted by atomic mass is 16.1. The van der Waals surface area contributed by atoms with Crippen molar-refractivity contribution < 1.29 is 0 Å². The van der Waals surface area contributed by atoms with Crippen molar-refractivity contribution in [2.24, 2.45) is 5.92 Å². The van der Waals surface area contributed by atoms with Gasteiger partial charge in [-0.1, -0.05) is 20.8 Å². The molecule has 0 bridgehead atoms. The quantitative estimate of drug-likeness (QED) is 0.834. The molecular formula is C14H23N5O. The second-order valence-electron chi connectivity index (χ2n) is 5.53. The fourth-order valence-corrected chi connectivity index (χ4v) is 2.36. The molecule has 20 heavy (non-hydrogen) atoms. The van der Waals surface area contributed by atoms with E-state index < -0.39 is 0 Å². The van der Waals surface area contributed by atoms with E-state index in [9.17, 15) is 4.79 Å². The van der Waals surface area contributed by atoms with Crippen LogP contribution in [0.3, 0.4) is 0 Å². The van der Waals surface area contributed by atoms with Crippen molar-refractivity contribution in [1.82, 2.24) is 24.9 Å². The first-order valence-electron chi connectivity index (χ1n) is 7.20. The summed E-state index contributed by atoms with van der Waals surface area (Å²) in [6.07, 6.45) is 1.96. The molecule has 0 fully saturated rings. The molecule has 0 aliphatic rings. The average Bonchev–Trinajstić information content (AvgIpc) is 2.76. The molecule has 2 aromatic heterocycles. The fraction of sp³-hybridized carbons (Fsp3) is 0.643. The third-order valence-corrected chi connectivity index (χ3v) is 3.51. The van der Waals surface area contributed by atoms with Gasteiger partial charge in [0.25, 0.3) is 0 Å². The second kappa shape index (κ2) is 6.17. The predicted molar refractivity (Wildman–Crippen MR) is 79.0 cm³/mol. The standard InChI is InChI=1S/C14H23N5O/c1-5-6-15-12(9(2)3)7-11-8-13-17-18-14(20)19(13)10(4)16-11/h8-9,12,15H,5-7H2,1-4H3,(H,18,20). The highest BCUT2D eigenvalue weighted by Crippen LogP contribution is 2.11. The van der Waals surface area contributed by atoms with E-state index in [4.69, 9.17) is 0 Å². The summed E-state index contributed by atoms with van der Waals surface area (Å²) >= 11 is 0. The Labute approximate surface area is 118 Å². The lowest BCUT2D eigenvalue weighted by atomic mass is 9.99. The van der Waals surface area contributed by atoms with Crippen molar-refractivity contribution in [2.45, 2.75) is 46.6 Å². The Hall–Kier alpha value is -1.69. The molecule has 1 unspecified atom stereocenters. The zero-order valence-electron chi connectivity index (χ0n) is 12.6. The molecule has 2 N–H and O–H groups in total. The zero-order valence-corrected chi connectivity index (χ0v) is 12.6. The first-order valence-corrected chi connectivity index (χ1v) is 7.20. The Morgan fingerprint density at radius 2 is 2.20 bits per heavy atom. The van der Waals surface area contributed by atoms with Gasteiger partial charge in [-0.25, -0.2) is 19.3 Å². The van der Waals surface area contributed by atoms with Crippen LogP contribution >= 0.6 is 0 Å². The van der Waals surface area contributed by atoms with E-state index in [0.717, 1.165) is 25.1 Å². The lowest BCUT2D eigenvalue weighted by Gasteiger charge is -2.22. The maximum Gasteiger partial charge on any atom is 0.349 e. The van der Waals surface area contributed by atoms with Gasteiger partial charge < -0.3 is 5.32 Å². The van der Waals surface area contributed by atoms with Gasteiger partial charge in [0.1, 0.15) is 5.82 Å². The molecule has 0 aromatic carbocycles. The normalized spacial score (nSPS) is 13.2. The van der Waals surface area contributed by atoms with Crippen molar-refractivity contribution >= 4 is 5.65 Å². The molecule has 2 heterocycles. The molecule has 0 saturated carbocycles. The molecule has 0 radical (unpaired) electrons. The Kier molecular flexibility index (Phi) is 4.54. The smallest absolute Gasteiger partial charge is 0.313 e. The van der Waals surface area contributed by atoms with E-state index in [1.165, 1.54) is 4.40 Å². The monoisotopic (exact) mass is 277 g/mol. The van der Waals surface area contributed by atoms with E-state index >= 15 is 0 Å². The van der Waals surface area contributed by atoms with Crippen LogP contribution in [0.15, 0.2) is 10.9 Å². The summed E-state index contributed by atoms with van der Waals surface area (Å²) in [5, 5.41) is 10.0. The van der Waals surface area contributed by atoms with Gasteiger partial charge in [-0.2, -0.15) is 5.10 Å². The Morgan fingerprint density at radius 1 is 1.45 bits per heavy atom. The van der Waals surface area contributed by atoms with E-state index in [2.05, 4.69) is 41.3 Å². The number of rotatable bonds is 6. The van der Waals surface area contributed by atoms with Crippen LogP contribution in [-0.2, 0) is 6.42 Å². The first kappa shape index (κ1) is 14.7. The lowest BCUT2D eigenvalue weighted by molar-refractivity contribution is 0.394. The Morgan fingerprint density at radius 3 is 2.85 bits per heavy atom. The van der Waals surface area contributed by atoms with Gasteiger partial charge in [0.05, 0.1) is 0 Å². The SMILES string of the molecule is CCCNC(Cc1cc2n[nH]c(=O)n2c(C)n1)C(C)C. The molecule has 1 atom stereocenters. The topological polar surface area (TPSA) is 75.1 Å². The van der Waals surface area contributed by atoms with Gasteiger partial charge in [-0.15, -0.1) is 0 Å². The van der Waals surface area contributed by atoms with Crippen LogP contribution in [0.2, 0.25) is 0 Å². The van der Waals surface area contributed by atoms with Crippen LogP contribution < -0.4 is 11.0 Å². The molecule has 2 aromatic rings. The number of H-pyrrole nitrogens is 1. The van der Waals surface area contributed by atoms with Gasteiger partial charge in [0.2, 0.25) is 0 Å². The number of nitrogens with one attached hydrogen (secondary N) is 2. The first-order chi connectivity index (χ1) is 9.52. The number of nitrogens with zero attached hydrogens (tertiary/aromatic N) is 3. The molecule has 6 heteroatoms. The van der Waals surface area contributed by atoms with Crippen LogP contribution in [0.5, 0.6) is 0 Å². The highest BCUT2D eigenvalue weighted by molar-refractivity contribution is 5.38. The minimum atomic E-state index is -0.235. The zero-order chi connectivity index (χ0) is 14.7. The third-order valence-electron chi connectivity index (χ3n) is 3.51. The summed E-state index contributed by atoms with van der Waals surface area (Å²) < 4.78 is 1.49. The predicted octanol–water partition coefficient (Wildman–Crippen LogP) is 1.29. The molecular weight excluding hydrogens is 254 g/mol. The molecule has 0 spiro atoms. The molecule has 0 saturated heterocycles. The Balaban J connectivity index is 2.26. The summed E-state index contributed by atoms with van der Waals surface area (Å²) in [6, 6.07) is 2.27. The number of aromatic nitrogens is 4. The summed E-state index contributed by atoms with van der Waals surface area (Å²) in [5.74, 6) is 1.20. The van der Waals surface area contributed by atoms with Gasteiger partial charge in [-0.3, -0.25) is 0 Å². The van der Waals surface area contributed by atoms with Crippen LogP contribution in [0, 0.1) is 12.8 Å². The van der Waals surface area contributed by atoms with Crippen molar-refractivity contribution in [3.8, 4) is 0 Å². The van der Waals surface area contributed by atoms with Crippen molar-refractivity contribution in [3.05, 3.63) is 28.1 Å². The van der Waals surface area contributed by atoms with Crippen LogP contribution in [0.1, 0.15) is 38.7 Å². The van der Waals surface area contributed by atoms with E-state index in [0.29, 0.717) is 23.4 Å². The molecule has 0 amide bonds. The number of aromatic amines is 1. The molecule has 110 valence electrons. The molecule has 0 aliphatic carbocycles. The van der Waals surface area contributed by atoms with Crippen LogP contribution in [0.4, 0.5) is 0 Å². The lowest BCUT2D eigenvalue weighted by Crippen LogP contribution is -2.36. The van der Waals surface area contributed by atoms with Gasteiger partial charge in [0.15, 0.2) is 5.65 Å². The second-order valence-corrected chi connectivity index (χ2v) is 5.53. The molecule has 0 aliphatic heterocycles. The van der Waals surface area contributed by atoms with E-state index in [-0.39, 0.29) is 5.69 Å². The van der Waals surface area contributed by atoms with Gasteiger partial charge in [0, 0.05) is 24.2 Å². The molecule has 6 nitrogen and oxygen atoms in total. The number of aryl methyl sites for hydroxylation is 1. The third kappa shape index (κ3) is 3.07. The average molecular weight is 277 g/mol. The van der Waals surface area contributed by atoms with Crippen molar-refractivity contribution in [1.29, 1.82) is 0 Å².